The van der Waals surface area contributed by atoms with E-state index in [-0.39, 0.29) is 6.04 Å². The molecule has 2 nitrogen and oxygen atoms in total. The molecule has 0 aliphatic heterocycles. The van der Waals surface area contributed by atoms with Gasteiger partial charge in [0.25, 0.3) is 0 Å². The van der Waals surface area contributed by atoms with Gasteiger partial charge in [0, 0.05) is 6.04 Å². The number of aryl methyl sites for hydroxylation is 1. The van der Waals surface area contributed by atoms with Gasteiger partial charge in [-0.05, 0) is 56.2 Å². The summed E-state index contributed by atoms with van der Waals surface area (Å²) in [7, 11) is 0. The van der Waals surface area contributed by atoms with Gasteiger partial charge in [0.05, 0.1) is 0 Å². The van der Waals surface area contributed by atoms with Crippen LogP contribution in [0, 0.1) is 6.92 Å². The summed E-state index contributed by atoms with van der Waals surface area (Å²) < 4.78 is 0. The molecule has 1 aromatic carbocycles. The van der Waals surface area contributed by atoms with Crippen molar-refractivity contribution in [3.05, 3.63) is 29.3 Å². The van der Waals surface area contributed by atoms with E-state index in [1.165, 1.54) is 5.56 Å². The van der Waals surface area contributed by atoms with E-state index < -0.39 is 0 Å². The van der Waals surface area contributed by atoms with E-state index in [4.69, 9.17) is 5.73 Å². The average molecular weight is 221 g/mol. The van der Waals surface area contributed by atoms with Crippen LogP contribution in [-0.4, -0.2) is 11.1 Å². The number of aromatic hydroxyl groups is 1. The Hall–Kier alpha value is -1.02. The Kier molecular flexibility index (Phi) is 4.81. The van der Waals surface area contributed by atoms with Gasteiger partial charge in [-0.25, -0.2) is 0 Å². The molecular formula is C14H23NO. The summed E-state index contributed by atoms with van der Waals surface area (Å²) in [5.74, 6) is 0.941. The number of nitrogens with two attached hydrogens (primary N) is 1. The molecule has 0 aliphatic rings. The third kappa shape index (κ3) is 3.53. The zero-order valence-electron chi connectivity index (χ0n) is 10.5. The van der Waals surface area contributed by atoms with Crippen LogP contribution in [0.2, 0.25) is 0 Å². The molecule has 0 aromatic heterocycles. The lowest BCUT2D eigenvalue weighted by Gasteiger charge is -2.17. The van der Waals surface area contributed by atoms with E-state index in [0.29, 0.717) is 11.7 Å². The van der Waals surface area contributed by atoms with E-state index in [2.05, 4.69) is 19.9 Å². The minimum absolute atomic E-state index is 0.271. The fraction of sp³-hybridized carbons (Fsp3) is 0.571. The molecule has 0 radical (unpaired) electrons. The van der Waals surface area contributed by atoms with Gasteiger partial charge >= 0.3 is 0 Å². The molecule has 2 atom stereocenters. The van der Waals surface area contributed by atoms with E-state index >= 15 is 0 Å². The smallest absolute Gasteiger partial charge is 0.118 e. The van der Waals surface area contributed by atoms with Gasteiger partial charge in [-0.15, -0.1) is 0 Å². The topological polar surface area (TPSA) is 46.2 Å². The van der Waals surface area contributed by atoms with Crippen molar-refractivity contribution >= 4 is 0 Å². The predicted molar refractivity (Wildman–Crippen MR) is 68.8 cm³/mol. The first-order valence-corrected chi connectivity index (χ1v) is 6.09. The van der Waals surface area contributed by atoms with E-state index in [1.54, 1.807) is 6.07 Å². The Morgan fingerprint density at radius 2 is 2.00 bits per heavy atom. The van der Waals surface area contributed by atoms with Crippen molar-refractivity contribution in [2.24, 2.45) is 5.73 Å². The second kappa shape index (κ2) is 5.90. The molecule has 0 bridgehead atoms. The molecule has 0 amide bonds. The average Bonchev–Trinajstić information content (AvgIpc) is 2.23. The summed E-state index contributed by atoms with van der Waals surface area (Å²) in [5.41, 5.74) is 8.06. The lowest BCUT2D eigenvalue weighted by atomic mass is 9.89. The van der Waals surface area contributed by atoms with Crippen LogP contribution >= 0.6 is 0 Å². The molecule has 0 spiro atoms. The molecule has 0 heterocycles. The number of benzene rings is 1. The van der Waals surface area contributed by atoms with Crippen molar-refractivity contribution in [3.63, 3.8) is 0 Å². The Morgan fingerprint density at radius 1 is 1.31 bits per heavy atom. The van der Waals surface area contributed by atoms with Crippen LogP contribution in [0.5, 0.6) is 5.75 Å². The first kappa shape index (κ1) is 13.0. The lowest BCUT2D eigenvalue weighted by Crippen LogP contribution is -2.15. The Labute approximate surface area is 98.5 Å². The molecule has 1 rings (SSSR count). The van der Waals surface area contributed by atoms with Crippen molar-refractivity contribution in [1.82, 2.24) is 0 Å². The summed E-state index contributed by atoms with van der Waals surface area (Å²) in [6, 6.07) is 6.17. The lowest BCUT2D eigenvalue weighted by molar-refractivity contribution is 0.469. The molecule has 90 valence electrons. The van der Waals surface area contributed by atoms with Gasteiger partial charge in [-0.2, -0.15) is 0 Å². The maximum atomic E-state index is 9.50. The Balaban J connectivity index is 2.74. The van der Waals surface area contributed by atoms with Gasteiger partial charge in [0.2, 0.25) is 0 Å². The van der Waals surface area contributed by atoms with Crippen molar-refractivity contribution in [2.45, 2.75) is 52.0 Å². The van der Waals surface area contributed by atoms with Crippen LogP contribution in [0.4, 0.5) is 0 Å². The molecular weight excluding hydrogens is 198 g/mol. The fourth-order valence-electron chi connectivity index (χ4n) is 2.00. The third-order valence-electron chi connectivity index (χ3n) is 3.16. The number of hydrogen-bond acceptors (Lipinski definition) is 2. The SMILES string of the molecule is CCC(CCC(C)N)c1ccc(O)c(C)c1. The highest BCUT2D eigenvalue weighted by molar-refractivity contribution is 5.36. The maximum Gasteiger partial charge on any atom is 0.118 e. The van der Waals surface area contributed by atoms with Crippen molar-refractivity contribution < 1.29 is 5.11 Å². The molecule has 2 unspecified atom stereocenters. The van der Waals surface area contributed by atoms with Crippen molar-refractivity contribution in [2.75, 3.05) is 0 Å². The van der Waals surface area contributed by atoms with Gasteiger partial charge in [-0.3, -0.25) is 0 Å². The summed E-state index contributed by atoms with van der Waals surface area (Å²) in [5, 5.41) is 9.50. The van der Waals surface area contributed by atoms with Crippen molar-refractivity contribution in [1.29, 1.82) is 0 Å². The second-order valence-electron chi connectivity index (χ2n) is 4.71. The van der Waals surface area contributed by atoms with Crippen LogP contribution < -0.4 is 5.73 Å². The quantitative estimate of drug-likeness (QED) is 0.801. The minimum Gasteiger partial charge on any atom is -0.508 e. The zero-order valence-corrected chi connectivity index (χ0v) is 10.5. The molecule has 3 N–H and O–H groups in total. The normalized spacial score (nSPS) is 14.8. The molecule has 0 aliphatic carbocycles. The Bertz CT molecular complexity index is 334. The highest BCUT2D eigenvalue weighted by Gasteiger charge is 2.11. The van der Waals surface area contributed by atoms with Crippen LogP contribution in [0.1, 0.15) is 50.2 Å². The van der Waals surface area contributed by atoms with E-state index in [9.17, 15) is 5.11 Å². The van der Waals surface area contributed by atoms with Gasteiger partial charge in [0.15, 0.2) is 0 Å². The largest absolute Gasteiger partial charge is 0.508 e. The van der Waals surface area contributed by atoms with Crippen molar-refractivity contribution in [3.8, 4) is 5.75 Å². The summed E-state index contributed by atoms with van der Waals surface area (Å²) in [4.78, 5) is 0. The molecule has 0 fully saturated rings. The van der Waals surface area contributed by atoms with Crippen LogP contribution in [0.3, 0.4) is 0 Å². The summed E-state index contributed by atoms with van der Waals surface area (Å²) >= 11 is 0. The second-order valence-corrected chi connectivity index (χ2v) is 4.71. The molecule has 16 heavy (non-hydrogen) atoms. The number of rotatable bonds is 5. The van der Waals surface area contributed by atoms with Gasteiger partial charge in [-0.1, -0.05) is 19.1 Å². The minimum atomic E-state index is 0.271. The van der Waals surface area contributed by atoms with Gasteiger partial charge in [0.1, 0.15) is 5.75 Å². The first-order chi connectivity index (χ1) is 7.54. The third-order valence-corrected chi connectivity index (χ3v) is 3.16. The molecule has 2 heteroatoms. The predicted octanol–water partition coefficient (Wildman–Crippen LogP) is 3.32. The number of hydrogen-bond donors (Lipinski definition) is 2. The van der Waals surface area contributed by atoms with E-state index in [0.717, 1.165) is 24.8 Å². The Morgan fingerprint density at radius 3 is 2.50 bits per heavy atom. The van der Waals surface area contributed by atoms with Gasteiger partial charge < -0.3 is 10.8 Å². The molecule has 0 saturated carbocycles. The van der Waals surface area contributed by atoms with E-state index in [1.807, 2.05) is 13.0 Å². The molecule has 0 saturated heterocycles. The molecule has 1 aromatic rings. The summed E-state index contributed by atoms with van der Waals surface area (Å²) in [6.07, 6.45) is 3.30. The highest BCUT2D eigenvalue weighted by Crippen LogP contribution is 2.28. The van der Waals surface area contributed by atoms with Crippen LogP contribution in [-0.2, 0) is 0 Å². The highest BCUT2D eigenvalue weighted by atomic mass is 16.3. The van der Waals surface area contributed by atoms with Crippen LogP contribution in [0.25, 0.3) is 0 Å². The van der Waals surface area contributed by atoms with Crippen LogP contribution in [0.15, 0.2) is 18.2 Å². The number of phenols is 1. The monoisotopic (exact) mass is 221 g/mol. The maximum absolute atomic E-state index is 9.50. The standard InChI is InChI=1S/C14H23NO/c1-4-12(6-5-11(3)15)13-7-8-14(16)10(2)9-13/h7-9,11-12,16H,4-6,15H2,1-3H3. The summed E-state index contributed by atoms with van der Waals surface area (Å²) in [6.45, 7) is 6.19. The fourth-order valence-corrected chi connectivity index (χ4v) is 2.00. The number of phenolic OH excluding ortho intramolecular Hbond substituents is 1. The zero-order chi connectivity index (χ0) is 12.1. The first-order valence-electron chi connectivity index (χ1n) is 6.09.